The fourth-order valence-electron chi connectivity index (χ4n) is 3.53. The molecule has 0 saturated carbocycles. The second-order valence-electron chi connectivity index (χ2n) is 7.00. The highest BCUT2D eigenvalue weighted by Gasteiger charge is 2.20. The van der Waals surface area contributed by atoms with Gasteiger partial charge in [0.2, 0.25) is 5.91 Å². The molecule has 0 unspecified atom stereocenters. The molecule has 0 bridgehead atoms. The predicted octanol–water partition coefficient (Wildman–Crippen LogP) is 4.93. The van der Waals surface area contributed by atoms with Crippen LogP contribution in [0.1, 0.15) is 30.0 Å². The van der Waals surface area contributed by atoms with Crippen molar-refractivity contribution in [2.75, 3.05) is 6.61 Å². The van der Waals surface area contributed by atoms with Gasteiger partial charge in [0.25, 0.3) is 0 Å². The molecular formula is C23H21ClN2O2. The minimum Gasteiger partial charge on any atom is -0.394 e. The van der Waals surface area contributed by atoms with Crippen LogP contribution in [0.3, 0.4) is 0 Å². The van der Waals surface area contributed by atoms with Gasteiger partial charge in [-0.25, -0.2) is 0 Å². The Kier molecular flexibility index (Phi) is 5.07. The highest BCUT2D eigenvalue weighted by atomic mass is 35.5. The van der Waals surface area contributed by atoms with E-state index in [0.29, 0.717) is 5.02 Å². The Morgan fingerprint density at radius 3 is 2.54 bits per heavy atom. The zero-order chi connectivity index (χ0) is 19.7. The topological polar surface area (TPSA) is 65.1 Å². The van der Waals surface area contributed by atoms with E-state index in [1.165, 1.54) is 0 Å². The van der Waals surface area contributed by atoms with Gasteiger partial charge in [0.1, 0.15) is 0 Å². The van der Waals surface area contributed by atoms with Crippen LogP contribution in [-0.4, -0.2) is 22.6 Å². The number of nitrogens with one attached hydrogen (secondary N) is 2. The molecule has 4 nitrogen and oxygen atoms in total. The number of amides is 1. The van der Waals surface area contributed by atoms with Crippen LogP contribution < -0.4 is 5.32 Å². The Labute approximate surface area is 168 Å². The number of rotatable bonds is 5. The summed E-state index contributed by atoms with van der Waals surface area (Å²) in [5.41, 5.74) is 3.77. The van der Waals surface area contributed by atoms with Crippen LogP contribution in [0.4, 0.5) is 0 Å². The lowest BCUT2D eigenvalue weighted by molar-refractivity contribution is -0.123. The molecule has 1 amide bonds. The first-order valence-corrected chi connectivity index (χ1v) is 9.61. The largest absolute Gasteiger partial charge is 0.394 e. The van der Waals surface area contributed by atoms with E-state index < -0.39 is 6.04 Å². The maximum absolute atomic E-state index is 12.8. The van der Waals surface area contributed by atoms with E-state index in [9.17, 15) is 9.90 Å². The summed E-state index contributed by atoms with van der Waals surface area (Å²) in [6.07, 6.45) is 0. The van der Waals surface area contributed by atoms with Gasteiger partial charge < -0.3 is 15.4 Å². The highest BCUT2D eigenvalue weighted by Crippen LogP contribution is 2.30. The number of benzene rings is 3. The van der Waals surface area contributed by atoms with Gasteiger partial charge in [-0.3, -0.25) is 4.79 Å². The number of H-pyrrole nitrogens is 1. The summed E-state index contributed by atoms with van der Waals surface area (Å²) in [4.78, 5) is 16.2. The van der Waals surface area contributed by atoms with E-state index in [4.69, 9.17) is 11.6 Å². The smallest absolute Gasteiger partial charge is 0.227 e. The van der Waals surface area contributed by atoms with Crippen LogP contribution in [0.2, 0.25) is 5.02 Å². The van der Waals surface area contributed by atoms with E-state index in [0.717, 1.165) is 32.9 Å². The van der Waals surface area contributed by atoms with Gasteiger partial charge in [-0.1, -0.05) is 54.1 Å². The van der Waals surface area contributed by atoms with E-state index in [1.54, 1.807) is 0 Å². The van der Waals surface area contributed by atoms with Crippen molar-refractivity contribution in [3.05, 3.63) is 82.9 Å². The van der Waals surface area contributed by atoms with Gasteiger partial charge in [0.05, 0.1) is 18.6 Å². The van der Waals surface area contributed by atoms with Crippen LogP contribution in [-0.2, 0) is 4.79 Å². The number of carbonyl (C=O) groups is 1. The molecule has 1 heterocycles. The first kappa shape index (κ1) is 18.5. The molecule has 4 rings (SSSR count). The number of hydrogen-bond donors (Lipinski definition) is 3. The van der Waals surface area contributed by atoms with E-state index >= 15 is 0 Å². The number of halogens is 1. The van der Waals surface area contributed by atoms with Gasteiger partial charge in [0.15, 0.2) is 0 Å². The van der Waals surface area contributed by atoms with Gasteiger partial charge in [-0.15, -0.1) is 0 Å². The number of hydrogen-bond acceptors (Lipinski definition) is 2. The lowest BCUT2D eigenvalue weighted by Crippen LogP contribution is -2.33. The molecule has 0 aliphatic rings. The highest BCUT2D eigenvalue weighted by molar-refractivity contribution is 6.31. The SMILES string of the molecule is C[C@H](C(=O)N[C@@H](CO)c1ccccc1)c1ccc2c(c1)[nH]c1ccc(Cl)cc12. The van der Waals surface area contributed by atoms with Crippen molar-refractivity contribution in [2.24, 2.45) is 0 Å². The Bertz CT molecular complexity index is 1140. The quantitative estimate of drug-likeness (QED) is 0.451. The Hall–Kier alpha value is -2.82. The molecule has 3 aromatic carbocycles. The van der Waals surface area contributed by atoms with Gasteiger partial charge in [-0.05, 0) is 42.3 Å². The summed E-state index contributed by atoms with van der Waals surface area (Å²) in [6, 6.07) is 20.8. The van der Waals surface area contributed by atoms with Crippen molar-refractivity contribution in [2.45, 2.75) is 18.9 Å². The standard InChI is InChI=1S/C23H21ClN2O2/c1-14(23(28)26-22(13-27)15-5-3-2-4-6-15)16-7-9-18-19-12-17(24)8-10-20(19)25-21(18)11-16/h2-12,14,22,25,27H,13H2,1H3,(H,26,28)/t14-,22-/m0/s1. The molecule has 3 N–H and O–H groups in total. The average Bonchev–Trinajstić information content (AvgIpc) is 3.08. The first-order valence-electron chi connectivity index (χ1n) is 9.24. The third kappa shape index (κ3) is 3.49. The van der Waals surface area contributed by atoms with Gasteiger partial charge in [-0.2, -0.15) is 0 Å². The number of carbonyl (C=O) groups excluding carboxylic acids is 1. The molecule has 142 valence electrons. The summed E-state index contributed by atoms with van der Waals surface area (Å²) in [5.74, 6) is -0.474. The summed E-state index contributed by atoms with van der Waals surface area (Å²) in [6.45, 7) is 1.72. The molecule has 28 heavy (non-hydrogen) atoms. The molecule has 0 aliphatic carbocycles. The average molecular weight is 393 g/mol. The van der Waals surface area contributed by atoms with Crippen molar-refractivity contribution in [3.63, 3.8) is 0 Å². The molecule has 0 radical (unpaired) electrons. The number of aliphatic hydroxyl groups is 1. The van der Waals surface area contributed by atoms with Crippen molar-refractivity contribution < 1.29 is 9.90 Å². The first-order chi connectivity index (χ1) is 13.6. The lowest BCUT2D eigenvalue weighted by Gasteiger charge is -2.20. The molecule has 4 aromatic rings. The van der Waals surface area contributed by atoms with Gasteiger partial charge in [0, 0.05) is 26.8 Å². The van der Waals surface area contributed by atoms with Crippen LogP contribution in [0, 0.1) is 0 Å². The Morgan fingerprint density at radius 1 is 1.00 bits per heavy atom. The Morgan fingerprint density at radius 2 is 1.79 bits per heavy atom. The fourth-order valence-corrected chi connectivity index (χ4v) is 3.70. The van der Waals surface area contributed by atoms with E-state index in [-0.39, 0.29) is 18.4 Å². The normalized spacial score (nSPS) is 13.5. The zero-order valence-electron chi connectivity index (χ0n) is 15.4. The van der Waals surface area contributed by atoms with Crippen molar-refractivity contribution in [1.29, 1.82) is 0 Å². The molecule has 5 heteroatoms. The van der Waals surface area contributed by atoms with Crippen LogP contribution in [0.5, 0.6) is 0 Å². The van der Waals surface area contributed by atoms with Crippen molar-refractivity contribution in [3.8, 4) is 0 Å². The summed E-state index contributed by atoms with van der Waals surface area (Å²) in [5, 5.41) is 15.5. The second-order valence-corrected chi connectivity index (χ2v) is 7.43. The lowest BCUT2D eigenvalue weighted by atomic mass is 9.97. The summed E-state index contributed by atoms with van der Waals surface area (Å²) >= 11 is 6.12. The molecular weight excluding hydrogens is 372 g/mol. The monoisotopic (exact) mass is 392 g/mol. The molecule has 2 atom stereocenters. The maximum atomic E-state index is 12.8. The van der Waals surface area contributed by atoms with Crippen molar-refractivity contribution >= 4 is 39.3 Å². The van der Waals surface area contributed by atoms with Crippen molar-refractivity contribution in [1.82, 2.24) is 10.3 Å². The number of aromatic nitrogens is 1. The number of aliphatic hydroxyl groups excluding tert-OH is 1. The Balaban J connectivity index is 1.60. The summed E-state index contributed by atoms with van der Waals surface area (Å²) in [7, 11) is 0. The van der Waals surface area contributed by atoms with Crippen LogP contribution in [0.25, 0.3) is 21.8 Å². The number of fused-ring (bicyclic) bond motifs is 3. The molecule has 0 aliphatic heterocycles. The second kappa shape index (κ2) is 7.66. The summed E-state index contributed by atoms with van der Waals surface area (Å²) < 4.78 is 0. The minimum atomic E-state index is -0.421. The third-order valence-corrected chi connectivity index (χ3v) is 5.41. The van der Waals surface area contributed by atoms with Crippen LogP contribution in [0.15, 0.2) is 66.7 Å². The zero-order valence-corrected chi connectivity index (χ0v) is 16.2. The predicted molar refractivity (Wildman–Crippen MR) is 114 cm³/mol. The molecule has 0 fully saturated rings. The minimum absolute atomic E-state index is 0.124. The fraction of sp³-hybridized carbons (Fsp3) is 0.174. The van der Waals surface area contributed by atoms with E-state index in [1.807, 2.05) is 73.7 Å². The molecule has 1 aromatic heterocycles. The third-order valence-electron chi connectivity index (χ3n) is 5.18. The van der Waals surface area contributed by atoms with E-state index in [2.05, 4.69) is 10.3 Å². The van der Waals surface area contributed by atoms with Crippen LogP contribution >= 0.6 is 11.6 Å². The molecule has 0 spiro atoms. The number of aromatic amines is 1. The molecule has 0 saturated heterocycles. The maximum Gasteiger partial charge on any atom is 0.227 e. The van der Waals surface area contributed by atoms with Gasteiger partial charge >= 0.3 is 0 Å².